The molecule has 124 valence electrons. The zero-order valence-electron chi connectivity index (χ0n) is 14.1. The molecule has 0 fully saturated rings. The van der Waals surface area contributed by atoms with Gasteiger partial charge < -0.3 is 15.0 Å². The Balaban J connectivity index is 1.73. The second kappa shape index (κ2) is 6.84. The SMILES string of the molecule is CO[C@@H](C(=O)NCc1nc2c(C)c(C)ccc2[nH]1)c1ccccc1. The maximum atomic E-state index is 12.4. The van der Waals surface area contributed by atoms with Crippen molar-refractivity contribution < 1.29 is 9.53 Å². The van der Waals surface area contributed by atoms with Crippen LogP contribution in [0.1, 0.15) is 28.6 Å². The van der Waals surface area contributed by atoms with Gasteiger partial charge in [0.15, 0.2) is 6.10 Å². The fourth-order valence-corrected chi connectivity index (χ4v) is 2.73. The van der Waals surface area contributed by atoms with Gasteiger partial charge in [0, 0.05) is 7.11 Å². The first-order valence-electron chi connectivity index (χ1n) is 7.90. The van der Waals surface area contributed by atoms with Crippen molar-refractivity contribution in [2.75, 3.05) is 7.11 Å². The fourth-order valence-electron chi connectivity index (χ4n) is 2.73. The molecule has 5 heteroatoms. The Morgan fingerprint density at radius 2 is 1.96 bits per heavy atom. The van der Waals surface area contributed by atoms with Gasteiger partial charge in [0.05, 0.1) is 17.6 Å². The first kappa shape index (κ1) is 16.2. The van der Waals surface area contributed by atoms with Crippen LogP contribution in [-0.2, 0) is 16.1 Å². The van der Waals surface area contributed by atoms with E-state index in [1.807, 2.05) is 36.4 Å². The molecular formula is C19H21N3O2. The van der Waals surface area contributed by atoms with Crippen molar-refractivity contribution in [2.24, 2.45) is 0 Å². The molecule has 5 nitrogen and oxygen atoms in total. The molecule has 0 spiro atoms. The molecular weight excluding hydrogens is 302 g/mol. The highest BCUT2D eigenvalue weighted by Gasteiger charge is 2.19. The number of nitrogens with one attached hydrogen (secondary N) is 2. The molecule has 0 bridgehead atoms. The summed E-state index contributed by atoms with van der Waals surface area (Å²) in [7, 11) is 1.53. The molecule has 1 amide bonds. The van der Waals surface area contributed by atoms with E-state index in [1.165, 1.54) is 12.7 Å². The number of imidazole rings is 1. The minimum Gasteiger partial charge on any atom is -0.367 e. The lowest BCUT2D eigenvalue weighted by atomic mass is 10.1. The maximum Gasteiger partial charge on any atom is 0.254 e. The van der Waals surface area contributed by atoms with Gasteiger partial charge in [0.1, 0.15) is 5.82 Å². The largest absolute Gasteiger partial charge is 0.367 e. The van der Waals surface area contributed by atoms with Crippen molar-refractivity contribution in [2.45, 2.75) is 26.5 Å². The van der Waals surface area contributed by atoms with Crippen LogP contribution in [0.15, 0.2) is 42.5 Å². The molecule has 1 aromatic heterocycles. The first-order chi connectivity index (χ1) is 11.6. The van der Waals surface area contributed by atoms with Gasteiger partial charge in [0.25, 0.3) is 5.91 Å². The summed E-state index contributed by atoms with van der Waals surface area (Å²) in [5, 5.41) is 2.89. The van der Waals surface area contributed by atoms with Crippen molar-refractivity contribution in [1.29, 1.82) is 0 Å². The molecule has 0 aliphatic carbocycles. The number of amides is 1. The number of hydrogen-bond acceptors (Lipinski definition) is 3. The van der Waals surface area contributed by atoms with Gasteiger partial charge >= 0.3 is 0 Å². The highest BCUT2D eigenvalue weighted by molar-refractivity contribution is 5.82. The van der Waals surface area contributed by atoms with Gasteiger partial charge in [-0.2, -0.15) is 0 Å². The van der Waals surface area contributed by atoms with Crippen molar-refractivity contribution in [3.63, 3.8) is 0 Å². The highest BCUT2D eigenvalue weighted by atomic mass is 16.5. The second-order valence-corrected chi connectivity index (χ2v) is 5.83. The summed E-state index contributed by atoms with van der Waals surface area (Å²) in [6.45, 7) is 4.45. The monoisotopic (exact) mass is 323 g/mol. The standard InChI is InChI=1S/C19H21N3O2/c1-12-9-10-15-17(13(12)2)22-16(21-15)11-20-19(23)18(24-3)14-7-5-4-6-8-14/h4-10,18H,11H2,1-3H3,(H,20,23)(H,21,22)/t18-/m1/s1. The number of benzene rings is 2. The predicted molar refractivity (Wildman–Crippen MR) is 93.6 cm³/mol. The summed E-state index contributed by atoms with van der Waals surface area (Å²) in [4.78, 5) is 20.2. The Morgan fingerprint density at radius 3 is 2.67 bits per heavy atom. The number of ether oxygens (including phenoxy) is 1. The van der Waals surface area contributed by atoms with Crippen LogP contribution in [0.4, 0.5) is 0 Å². The average molecular weight is 323 g/mol. The highest BCUT2D eigenvalue weighted by Crippen LogP contribution is 2.20. The molecule has 0 radical (unpaired) electrons. The van der Waals surface area contributed by atoms with E-state index in [1.54, 1.807) is 0 Å². The van der Waals surface area contributed by atoms with Crippen molar-refractivity contribution in [1.82, 2.24) is 15.3 Å². The Labute approximate surface area is 141 Å². The summed E-state index contributed by atoms with van der Waals surface area (Å²) in [5.74, 6) is 0.548. The van der Waals surface area contributed by atoms with Crippen LogP contribution < -0.4 is 5.32 Å². The van der Waals surface area contributed by atoms with Crippen LogP contribution in [0.3, 0.4) is 0 Å². The molecule has 0 saturated heterocycles. The van der Waals surface area contributed by atoms with E-state index >= 15 is 0 Å². The van der Waals surface area contributed by atoms with Crippen molar-refractivity contribution in [3.05, 3.63) is 65.0 Å². The Hall–Kier alpha value is -2.66. The first-order valence-corrected chi connectivity index (χ1v) is 7.90. The van der Waals surface area contributed by atoms with Crippen molar-refractivity contribution >= 4 is 16.9 Å². The fraction of sp³-hybridized carbons (Fsp3) is 0.263. The number of aryl methyl sites for hydroxylation is 2. The van der Waals surface area contributed by atoms with Crippen LogP contribution in [0.2, 0.25) is 0 Å². The summed E-state index contributed by atoms with van der Waals surface area (Å²) < 4.78 is 5.34. The van der Waals surface area contributed by atoms with Gasteiger partial charge in [-0.3, -0.25) is 4.79 Å². The Kier molecular flexibility index (Phi) is 4.62. The van der Waals surface area contributed by atoms with E-state index in [4.69, 9.17) is 4.74 Å². The van der Waals surface area contributed by atoms with Crippen LogP contribution in [0.5, 0.6) is 0 Å². The lowest BCUT2D eigenvalue weighted by Gasteiger charge is -2.15. The van der Waals surface area contributed by atoms with Gasteiger partial charge in [0.2, 0.25) is 0 Å². The molecule has 24 heavy (non-hydrogen) atoms. The van der Waals surface area contributed by atoms with Gasteiger partial charge in [-0.05, 0) is 36.6 Å². The normalized spacial score (nSPS) is 12.3. The third kappa shape index (κ3) is 3.16. The number of carbonyl (C=O) groups is 1. The summed E-state index contributed by atoms with van der Waals surface area (Å²) >= 11 is 0. The smallest absolute Gasteiger partial charge is 0.254 e. The molecule has 0 aliphatic heterocycles. The Morgan fingerprint density at radius 1 is 1.21 bits per heavy atom. The zero-order valence-corrected chi connectivity index (χ0v) is 14.1. The molecule has 3 aromatic rings. The number of nitrogens with zero attached hydrogens (tertiary/aromatic N) is 1. The quantitative estimate of drug-likeness (QED) is 0.758. The van der Waals surface area contributed by atoms with Crippen molar-refractivity contribution in [3.8, 4) is 0 Å². The van der Waals surface area contributed by atoms with E-state index in [2.05, 4.69) is 35.2 Å². The molecule has 0 aliphatic rings. The average Bonchev–Trinajstić information content (AvgIpc) is 3.02. The lowest BCUT2D eigenvalue weighted by molar-refractivity contribution is -0.131. The van der Waals surface area contributed by atoms with Gasteiger partial charge in [-0.1, -0.05) is 36.4 Å². The van der Waals surface area contributed by atoms with E-state index in [0.717, 1.165) is 28.0 Å². The van der Waals surface area contributed by atoms with Crippen LogP contribution in [-0.4, -0.2) is 23.0 Å². The summed E-state index contributed by atoms with van der Waals surface area (Å²) in [6.07, 6.45) is -0.625. The molecule has 2 N–H and O–H groups in total. The lowest BCUT2D eigenvalue weighted by Crippen LogP contribution is -2.30. The number of methoxy groups -OCH3 is 1. The summed E-state index contributed by atoms with van der Waals surface area (Å²) in [6, 6.07) is 13.5. The molecule has 2 aromatic carbocycles. The van der Waals surface area contributed by atoms with E-state index in [9.17, 15) is 4.79 Å². The third-order valence-electron chi connectivity index (χ3n) is 4.23. The minimum absolute atomic E-state index is 0.183. The zero-order chi connectivity index (χ0) is 17.1. The second-order valence-electron chi connectivity index (χ2n) is 5.83. The number of aromatic nitrogens is 2. The van der Waals surface area contributed by atoms with E-state index < -0.39 is 6.10 Å². The summed E-state index contributed by atoms with van der Waals surface area (Å²) in [5.41, 5.74) is 5.11. The van der Waals surface area contributed by atoms with Gasteiger partial charge in [-0.15, -0.1) is 0 Å². The van der Waals surface area contributed by atoms with E-state index in [-0.39, 0.29) is 5.91 Å². The predicted octanol–water partition coefficient (Wildman–Crippen LogP) is 3.18. The number of rotatable bonds is 5. The minimum atomic E-state index is -0.625. The molecule has 1 heterocycles. The van der Waals surface area contributed by atoms with Crippen LogP contribution in [0.25, 0.3) is 11.0 Å². The number of fused-ring (bicyclic) bond motifs is 1. The molecule has 1 atom stereocenters. The van der Waals surface area contributed by atoms with Crippen LogP contribution >= 0.6 is 0 Å². The van der Waals surface area contributed by atoms with E-state index in [0.29, 0.717) is 6.54 Å². The van der Waals surface area contributed by atoms with Crippen LogP contribution in [0, 0.1) is 13.8 Å². The molecule has 0 unspecified atom stereocenters. The number of aromatic amines is 1. The molecule has 0 saturated carbocycles. The maximum absolute atomic E-state index is 12.4. The van der Waals surface area contributed by atoms with Gasteiger partial charge in [-0.25, -0.2) is 4.98 Å². The topological polar surface area (TPSA) is 67.0 Å². The Bertz CT molecular complexity index is 856. The molecule has 3 rings (SSSR count). The number of H-pyrrole nitrogens is 1. The third-order valence-corrected chi connectivity index (χ3v) is 4.23. The number of carbonyl (C=O) groups excluding carboxylic acids is 1. The number of hydrogen-bond donors (Lipinski definition) is 2.